The van der Waals surface area contributed by atoms with E-state index < -0.39 is 15.8 Å². The average Bonchev–Trinajstić information content (AvgIpc) is 3.61. The van der Waals surface area contributed by atoms with Gasteiger partial charge in [-0.3, -0.25) is 14.9 Å². The van der Waals surface area contributed by atoms with Crippen LogP contribution in [0.4, 0.5) is 10.1 Å². The zero-order valence-corrected chi connectivity index (χ0v) is 23.8. The van der Waals surface area contributed by atoms with E-state index in [1.54, 1.807) is 24.7 Å². The normalized spacial score (nSPS) is 13.5. The molecule has 0 atom stereocenters. The molecule has 1 amide bonds. The number of hydrogen-bond acceptors (Lipinski definition) is 6. The van der Waals surface area contributed by atoms with Crippen molar-refractivity contribution in [2.45, 2.75) is 19.4 Å². The first-order valence-electron chi connectivity index (χ1n) is 13.7. The van der Waals surface area contributed by atoms with Gasteiger partial charge >= 0.3 is 0 Å². The van der Waals surface area contributed by atoms with E-state index in [9.17, 15) is 17.6 Å². The van der Waals surface area contributed by atoms with Gasteiger partial charge in [-0.25, -0.2) is 22.5 Å². The molecule has 1 fully saturated rings. The summed E-state index contributed by atoms with van der Waals surface area (Å²) < 4.78 is 40.2. The van der Waals surface area contributed by atoms with Gasteiger partial charge < -0.3 is 10.3 Å². The number of anilines is 1. The first-order valence-corrected chi connectivity index (χ1v) is 15.6. The van der Waals surface area contributed by atoms with Crippen LogP contribution in [0.1, 0.15) is 18.4 Å². The molecule has 10 nitrogen and oxygen atoms in total. The zero-order valence-electron chi connectivity index (χ0n) is 23.0. The van der Waals surface area contributed by atoms with Crippen LogP contribution in [0.15, 0.2) is 73.2 Å². The molecule has 4 aromatic heterocycles. The van der Waals surface area contributed by atoms with Gasteiger partial charge in [0.25, 0.3) is 0 Å². The summed E-state index contributed by atoms with van der Waals surface area (Å²) in [5.41, 5.74) is 7.06. The van der Waals surface area contributed by atoms with Crippen molar-refractivity contribution < 1.29 is 17.6 Å². The molecule has 0 aliphatic heterocycles. The largest absolute Gasteiger partial charge is 0.353 e. The highest BCUT2D eigenvalue weighted by Gasteiger charge is 2.29. The van der Waals surface area contributed by atoms with Crippen LogP contribution in [0.3, 0.4) is 0 Å². The number of rotatable bonds is 8. The average molecular weight is 596 g/mol. The number of aromatic amines is 2. The van der Waals surface area contributed by atoms with E-state index in [2.05, 4.69) is 35.2 Å². The Bertz CT molecular complexity index is 2150. The predicted molar refractivity (Wildman–Crippen MR) is 163 cm³/mol. The molecule has 1 saturated carbocycles. The summed E-state index contributed by atoms with van der Waals surface area (Å²) in [6.07, 6.45) is 7.98. The Hall–Kier alpha value is -4.94. The number of nitrogens with one attached hydrogen (secondary N) is 4. The van der Waals surface area contributed by atoms with E-state index in [0.717, 1.165) is 63.5 Å². The van der Waals surface area contributed by atoms with E-state index in [4.69, 9.17) is 0 Å². The fourth-order valence-corrected chi connectivity index (χ4v) is 5.61. The number of H-pyrrole nitrogens is 2. The maximum absolute atomic E-state index is 14.6. The van der Waals surface area contributed by atoms with Gasteiger partial charge in [-0.1, -0.05) is 12.1 Å². The number of amides is 1. The Morgan fingerprint density at radius 3 is 2.65 bits per heavy atom. The third kappa shape index (κ3) is 5.62. The molecule has 7 rings (SSSR count). The minimum absolute atomic E-state index is 0.0151. The van der Waals surface area contributed by atoms with Gasteiger partial charge in [0.05, 0.1) is 29.5 Å². The van der Waals surface area contributed by atoms with Crippen molar-refractivity contribution in [1.82, 2.24) is 29.9 Å². The van der Waals surface area contributed by atoms with Crippen LogP contribution < -0.4 is 10.0 Å². The Kier molecular flexibility index (Phi) is 6.51. The number of pyridine rings is 2. The molecule has 216 valence electrons. The minimum Gasteiger partial charge on any atom is -0.353 e. The van der Waals surface area contributed by atoms with Crippen molar-refractivity contribution in [3.05, 3.63) is 84.6 Å². The van der Waals surface area contributed by atoms with E-state index in [-0.39, 0.29) is 18.4 Å². The molecule has 0 unspecified atom stereocenters. The van der Waals surface area contributed by atoms with Gasteiger partial charge in [-0.2, -0.15) is 5.10 Å². The number of carbonyl (C=O) groups is 1. The number of nitrogens with zero attached hydrogens (tertiary/aromatic N) is 3. The summed E-state index contributed by atoms with van der Waals surface area (Å²) in [5.74, 6) is -0.353. The Morgan fingerprint density at radius 2 is 1.84 bits per heavy atom. The number of hydrogen-bond donors (Lipinski definition) is 4. The van der Waals surface area contributed by atoms with E-state index >= 15 is 0 Å². The zero-order chi connectivity index (χ0) is 29.7. The number of fused-ring (bicyclic) bond motifs is 2. The third-order valence-electron chi connectivity index (χ3n) is 7.44. The molecular weight excluding hydrogens is 569 g/mol. The monoisotopic (exact) mass is 595 g/mol. The molecule has 0 radical (unpaired) electrons. The lowest BCUT2D eigenvalue weighted by molar-refractivity contribution is -0.117. The summed E-state index contributed by atoms with van der Waals surface area (Å²) in [4.78, 5) is 24.5. The van der Waals surface area contributed by atoms with Gasteiger partial charge in [0.2, 0.25) is 15.9 Å². The number of halogens is 1. The second-order valence-corrected chi connectivity index (χ2v) is 12.6. The quantitative estimate of drug-likeness (QED) is 0.186. The van der Waals surface area contributed by atoms with Crippen LogP contribution in [-0.2, 0) is 21.4 Å². The number of carbonyl (C=O) groups excluding carboxylic acids is 1. The lowest BCUT2D eigenvalue weighted by Gasteiger charge is -2.08. The lowest BCUT2D eigenvalue weighted by atomic mass is 9.99. The lowest BCUT2D eigenvalue weighted by Crippen LogP contribution is -2.21. The second-order valence-electron chi connectivity index (χ2n) is 10.8. The van der Waals surface area contributed by atoms with Crippen molar-refractivity contribution in [1.29, 1.82) is 0 Å². The minimum atomic E-state index is -3.43. The molecule has 0 spiro atoms. The standard InChI is InChI=1S/C31H26FN7O3S/c1-43(41,42)35-13-17-7-19(9-22(32)8-17)24-3-2-4-27-25(24)12-28(37-27)29-26-11-21(15-34-30(26)39-38-29)20-10-23(16-33-14-20)36-31(40)18-5-6-18/h2-4,7-12,14-16,18,35,37H,5-6,13H2,1H3,(H,36,40)(H,34,38,39). The fraction of sp³-hybridized carbons (Fsp3) is 0.161. The van der Waals surface area contributed by atoms with Crippen LogP contribution in [-0.4, -0.2) is 45.7 Å². The summed E-state index contributed by atoms with van der Waals surface area (Å²) in [6, 6.07) is 16.1. The van der Waals surface area contributed by atoms with Crippen LogP contribution in [0.5, 0.6) is 0 Å². The molecule has 1 aliphatic rings. The SMILES string of the molecule is CS(=O)(=O)NCc1cc(F)cc(-c2cccc3[nH]c(-c4[nH]nc5ncc(-c6cncc(NC(=O)C7CC7)c6)cc45)cc23)c1. The topological polar surface area (TPSA) is 146 Å². The first kappa shape index (κ1) is 26.9. The highest BCUT2D eigenvalue weighted by Crippen LogP contribution is 2.36. The highest BCUT2D eigenvalue weighted by atomic mass is 32.2. The van der Waals surface area contributed by atoms with Crippen LogP contribution in [0.2, 0.25) is 0 Å². The van der Waals surface area contributed by atoms with Crippen LogP contribution in [0, 0.1) is 11.7 Å². The molecule has 0 saturated heterocycles. The van der Waals surface area contributed by atoms with Crippen molar-refractivity contribution in [2.75, 3.05) is 11.6 Å². The van der Waals surface area contributed by atoms with Crippen LogP contribution >= 0.6 is 0 Å². The summed E-state index contributed by atoms with van der Waals surface area (Å²) >= 11 is 0. The van der Waals surface area contributed by atoms with Crippen molar-refractivity contribution in [2.24, 2.45) is 5.92 Å². The highest BCUT2D eigenvalue weighted by molar-refractivity contribution is 7.88. The summed E-state index contributed by atoms with van der Waals surface area (Å²) in [5, 5.41) is 12.1. The van der Waals surface area contributed by atoms with Gasteiger partial charge in [0.1, 0.15) is 5.82 Å². The first-order chi connectivity index (χ1) is 20.7. The second kappa shape index (κ2) is 10.4. The third-order valence-corrected chi connectivity index (χ3v) is 8.11. The van der Waals surface area contributed by atoms with Crippen molar-refractivity contribution in [3.8, 4) is 33.6 Å². The number of benzene rings is 2. The molecule has 1 aliphatic carbocycles. The van der Waals surface area contributed by atoms with Gasteiger partial charge in [0, 0.05) is 52.3 Å². The smallest absolute Gasteiger partial charge is 0.227 e. The Morgan fingerprint density at radius 1 is 1.00 bits per heavy atom. The molecule has 2 aromatic carbocycles. The van der Waals surface area contributed by atoms with Gasteiger partial charge in [-0.05, 0) is 72.0 Å². The van der Waals surface area contributed by atoms with Crippen LogP contribution in [0.25, 0.3) is 55.6 Å². The Labute approximate surface area is 245 Å². The van der Waals surface area contributed by atoms with Gasteiger partial charge in [-0.15, -0.1) is 0 Å². The Balaban J connectivity index is 1.25. The van der Waals surface area contributed by atoms with E-state index in [0.29, 0.717) is 22.5 Å². The number of sulfonamides is 1. The molecule has 12 heteroatoms. The van der Waals surface area contributed by atoms with Crippen molar-refractivity contribution in [3.63, 3.8) is 0 Å². The maximum Gasteiger partial charge on any atom is 0.227 e. The molecule has 4 N–H and O–H groups in total. The predicted octanol–water partition coefficient (Wildman–Crippen LogP) is 5.37. The molecule has 4 heterocycles. The van der Waals surface area contributed by atoms with E-state index in [1.165, 1.54) is 12.1 Å². The molecule has 43 heavy (non-hydrogen) atoms. The van der Waals surface area contributed by atoms with E-state index in [1.807, 2.05) is 36.4 Å². The summed E-state index contributed by atoms with van der Waals surface area (Å²) in [7, 11) is -3.43. The number of aromatic nitrogens is 5. The van der Waals surface area contributed by atoms with Gasteiger partial charge in [0.15, 0.2) is 5.65 Å². The molecular formula is C31H26FN7O3S. The molecule has 0 bridgehead atoms. The fourth-order valence-electron chi connectivity index (χ4n) is 5.18. The summed E-state index contributed by atoms with van der Waals surface area (Å²) in [6.45, 7) is -0.0151. The van der Waals surface area contributed by atoms with Crippen molar-refractivity contribution >= 4 is 43.6 Å². The maximum atomic E-state index is 14.6. The molecule has 6 aromatic rings.